The van der Waals surface area contributed by atoms with Gasteiger partial charge in [-0.2, -0.15) is 0 Å². The first kappa shape index (κ1) is 25.9. The Morgan fingerprint density at radius 1 is 1.00 bits per heavy atom. The molecule has 0 heterocycles. The van der Waals surface area contributed by atoms with Crippen molar-refractivity contribution in [3.63, 3.8) is 0 Å². The molecule has 0 aromatic heterocycles. The molecule has 7 radical (unpaired) electrons. The number of hydrogen-bond acceptors (Lipinski definition) is 0. The van der Waals surface area contributed by atoms with Gasteiger partial charge in [-0.15, -0.1) is 0 Å². The van der Waals surface area contributed by atoms with Gasteiger partial charge in [0.05, 0.1) is 0 Å². The van der Waals surface area contributed by atoms with E-state index < -0.39 is 0 Å². The van der Waals surface area contributed by atoms with Crippen molar-refractivity contribution >= 4 is 48.3 Å². The smallest absolute Gasteiger partial charge is 0 e. The quantitative estimate of drug-likeness (QED) is 0.436. The van der Waals surface area contributed by atoms with E-state index in [1.807, 2.05) is 0 Å². The molecule has 4 heteroatoms. The summed E-state index contributed by atoms with van der Waals surface area (Å²) in [5.41, 5.74) is 0. The Morgan fingerprint density at radius 3 is 1.00 bits per heavy atom. The fourth-order valence-corrected chi connectivity index (χ4v) is 0. The minimum Gasteiger partial charge on any atom is 0 e. The molecule has 0 aromatic rings. The maximum atomic E-state index is 0. The molecule has 0 spiro atoms. The standard InChI is InChI=1S/Ce.Ni.Sb.Sn. The van der Waals surface area contributed by atoms with Crippen molar-refractivity contribution in [3.8, 4) is 0 Å². The average Bonchev–Trinajstić information content (AvgIpc) is 0. The Morgan fingerprint density at radius 2 is 1.00 bits per heavy atom. The molecule has 0 saturated carbocycles. The zero-order valence-electron chi connectivity index (χ0n) is 1.76. The van der Waals surface area contributed by atoms with Crippen LogP contribution in [-0.4, -0.2) is 48.3 Å². The van der Waals surface area contributed by atoms with Gasteiger partial charge in [-0.25, -0.2) is 0 Å². The molecule has 0 amide bonds. The van der Waals surface area contributed by atoms with Crippen molar-refractivity contribution in [2.24, 2.45) is 0 Å². The third-order valence-corrected chi connectivity index (χ3v) is 0. The van der Waals surface area contributed by atoms with Crippen LogP contribution in [0.1, 0.15) is 0 Å². The third-order valence-electron chi connectivity index (χ3n) is 0. The van der Waals surface area contributed by atoms with Crippen molar-refractivity contribution in [3.05, 3.63) is 0 Å². The van der Waals surface area contributed by atoms with Crippen molar-refractivity contribution in [1.82, 2.24) is 0 Å². The van der Waals surface area contributed by atoms with Crippen molar-refractivity contribution in [2.45, 2.75) is 0 Å². The fraction of sp³-hybridized carbons (Fsp3) is 0. The molecule has 4 heavy (non-hydrogen) atoms. The van der Waals surface area contributed by atoms with Crippen molar-refractivity contribution < 1.29 is 58.2 Å². The summed E-state index contributed by atoms with van der Waals surface area (Å²) in [5, 5.41) is 0. The first-order chi connectivity index (χ1) is 0. The predicted molar refractivity (Wildman–Crippen MR) is 11.5 cm³/mol. The Bertz CT molecular complexity index is 8.00. The second-order valence-electron chi connectivity index (χ2n) is 0. The van der Waals surface area contributed by atoms with Gasteiger partial charge in [0.25, 0.3) is 0 Å². The summed E-state index contributed by atoms with van der Waals surface area (Å²) in [7, 11) is 0. The first-order valence-corrected chi connectivity index (χ1v) is 0. The van der Waals surface area contributed by atoms with Gasteiger partial charge in [0, 0.05) is 107 Å². The molecule has 0 saturated heterocycles. The van der Waals surface area contributed by atoms with Crippen LogP contribution < -0.4 is 0 Å². The van der Waals surface area contributed by atoms with E-state index in [1.165, 1.54) is 0 Å². The largest absolute Gasteiger partial charge is 0 e. The summed E-state index contributed by atoms with van der Waals surface area (Å²) in [6, 6.07) is 0. The van der Waals surface area contributed by atoms with E-state index in [0.29, 0.717) is 0 Å². The van der Waals surface area contributed by atoms with Crippen LogP contribution in [0.15, 0.2) is 0 Å². The van der Waals surface area contributed by atoms with E-state index in [4.69, 9.17) is 0 Å². The molecule has 0 unspecified atom stereocenters. The predicted octanol–water partition coefficient (Wildman–Crippen LogP) is -0.764. The maximum absolute atomic E-state index is 0. The zero-order chi connectivity index (χ0) is 0. The average molecular weight is 439 g/mol. The van der Waals surface area contributed by atoms with Gasteiger partial charge >= 0.3 is 0 Å². The molecule has 0 aliphatic heterocycles. The zero-order valence-corrected chi connectivity index (χ0v) is 11.3. The summed E-state index contributed by atoms with van der Waals surface area (Å²) < 4.78 is 0. The van der Waals surface area contributed by atoms with E-state index in [9.17, 15) is 0 Å². The van der Waals surface area contributed by atoms with E-state index >= 15 is 0 Å². The summed E-state index contributed by atoms with van der Waals surface area (Å²) >= 11 is 0. The first-order valence-electron chi connectivity index (χ1n) is 0. The molecular formula is CeNiSbSn. The molecule has 0 atom stereocenters. The normalized spacial score (nSPS) is 0. The Labute approximate surface area is 104 Å². The maximum Gasteiger partial charge on any atom is 0 e. The minimum atomic E-state index is 0. The Balaban J connectivity index is 0. The van der Waals surface area contributed by atoms with Crippen LogP contribution in [0.5, 0.6) is 0 Å². The minimum absolute atomic E-state index is 0. The van der Waals surface area contributed by atoms with Gasteiger partial charge in [-0.1, -0.05) is 0 Å². The number of hydrogen-bond donors (Lipinski definition) is 0. The molecular weight excluding hydrogens is 439 g/mol. The van der Waals surface area contributed by atoms with Gasteiger partial charge in [-0.05, 0) is 0 Å². The molecule has 0 rings (SSSR count). The summed E-state index contributed by atoms with van der Waals surface area (Å²) in [5.74, 6) is 0. The number of rotatable bonds is 0. The van der Waals surface area contributed by atoms with Crippen molar-refractivity contribution in [2.75, 3.05) is 0 Å². The SMILES string of the molecule is [Ce].[Ni].[Sb].[Sn]. The summed E-state index contributed by atoms with van der Waals surface area (Å²) in [6.07, 6.45) is 0. The van der Waals surface area contributed by atoms with Gasteiger partial charge in [0.2, 0.25) is 0 Å². The van der Waals surface area contributed by atoms with E-state index in [-0.39, 0.29) is 107 Å². The van der Waals surface area contributed by atoms with Crippen LogP contribution >= 0.6 is 0 Å². The molecule has 0 aromatic carbocycles. The second kappa shape index (κ2) is 16.1. The molecule has 0 bridgehead atoms. The topological polar surface area (TPSA) is 0 Å². The van der Waals surface area contributed by atoms with E-state index in [1.54, 1.807) is 0 Å². The third kappa shape index (κ3) is 9.09. The molecule has 0 fully saturated rings. The van der Waals surface area contributed by atoms with Crippen LogP contribution in [-0.2, 0) is 16.5 Å². The van der Waals surface area contributed by atoms with Crippen LogP contribution in [0, 0.1) is 41.7 Å². The van der Waals surface area contributed by atoms with E-state index in [0.717, 1.165) is 0 Å². The monoisotopic (exact) mass is 439 g/mol. The van der Waals surface area contributed by atoms with Crippen LogP contribution in [0.4, 0.5) is 0 Å². The fourth-order valence-electron chi connectivity index (χ4n) is 0. The van der Waals surface area contributed by atoms with Crippen molar-refractivity contribution in [1.29, 1.82) is 0 Å². The summed E-state index contributed by atoms with van der Waals surface area (Å²) in [4.78, 5) is 0. The molecule has 0 nitrogen and oxygen atoms in total. The van der Waals surface area contributed by atoms with Crippen LogP contribution in [0.25, 0.3) is 0 Å². The molecule has 23 valence electrons. The summed E-state index contributed by atoms with van der Waals surface area (Å²) in [6.45, 7) is 0. The Kier molecular flexibility index (Phi) is 104. The Hall–Kier alpha value is 3.49. The van der Waals surface area contributed by atoms with Gasteiger partial charge in [-0.3, -0.25) is 0 Å². The molecule has 0 aliphatic rings. The second-order valence-corrected chi connectivity index (χ2v) is 0. The van der Waals surface area contributed by atoms with Crippen LogP contribution in [0.3, 0.4) is 0 Å². The van der Waals surface area contributed by atoms with Crippen LogP contribution in [0.2, 0.25) is 0 Å². The molecule has 0 N–H and O–H groups in total. The van der Waals surface area contributed by atoms with Gasteiger partial charge in [0.1, 0.15) is 0 Å². The van der Waals surface area contributed by atoms with Gasteiger partial charge < -0.3 is 0 Å². The van der Waals surface area contributed by atoms with E-state index in [2.05, 4.69) is 0 Å². The van der Waals surface area contributed by atoms with Gasteiger partial charge in [0.15, 0.2) is 0 Å². The molecule has 0 aliphatic carbocycles.